The third kappa shape index (κ3) is 8.07. The number of nitrogens with one attached hydrogen (secondary N) is 2. The van der Waals surface area contributed by atoms with Gasteiger partial charge in [-0.3, -0.25) is 11.9 Å². The maximum Gasteiger partial charge on any atom is 0.147 e. The minimum absolute atomic E-state index is 0.0492. The number of halogens is 2. The Balaban J connectivity index is 3.33. The highest BCUT2D eigenvalue weighted by Crippen LogP contribution is 2.05. The van der Waals surface area contributed by atoms with Crippen molar-refractivity contribution in [1.82, 2.24) is 7.06 Å². The number of Topliss-reactive ketones (excluding diaryl/α,β-unsaturated/α-hetero) is 1. The first-order valence-electron chi connectivity index (χ1n) is 4.42. The summed E-state index contributed by atoms with van der Waals surface area (Å²) >= 11 is 4.20. The predicted octanol–water partition coefficient (Wildman–Crippen LogP) is 2.38. The zero-order chi connectivity index (χ0) is 10.1. The molecule has 3 nitrogen and oxygen atoms in total. The smallest absolute Gasteiger partial charge is 0.147 e. The molecule has 2 N–H and O–H groups in total. The minimum Gasteiger partial charge on any atom is -0.298 e. The standard InChI is InChI=1S/C8H16I2N2O/c1-7(13)8(12-10)5-3-2-4-6-11-9/h8,11-12H,2-6H2,1H3. The van der Waals surface area contributed by atoms with Crippen LogP contribution >= 0.6 is 45.7 Å². The fraction of sp³-hybridized carbons (Fsp3) is 0.875. The van der Waals surface area contributed by atoms with Crippen molar-refractivity contribution in [3.63, 3.8) is 0 Å². The van der Waals surface area contributed by atoms with E-state index in [-0.39, 0.29) is 11.8 Å². The van der Waals surface area contributed by atoms with E-state index in [0.29, 0.717) is 0 Å². The van der Waals surface area contributed by atoms with Gasteiger partial charge < -0.3 is 0 Å². The highest BCUT2D eigenvalue weighted by Gasteiger charge is 2.10. The van der Waals surface area contributed by atoms with Gasteiger partial charge >= 0.3 is 0 Å². The van der Waals surface area contributed by atoms with E-state index in [9.17, 15) is 4.79 Å². The Labute approximate surface area is 108 Å². The molecule has 0 saturated heterocycles. The first kappa shape index (κ1) is 14.1. The Morgan fingerprint density at radius 2 is 2.00 bits per heavy atom. The molecule has 0 aliphatic heterocycles. The second kappa shape index (κ2) is 9.60. The highest BCUT2D eigenvalue weighted by molar-refractivity contribution is 14.1. The lowest BCUT2D eigenvalue weighted by molar-refractivity contribution is -0.118. The molecule has 0 radical (unpaired) electrons. The van der Waals surface area contributed by atoms with Crippen molar-refractivity contribution in [2.45, 2.75) is 38.6 Å². The van der Waals surface area contributed by atoms with Crippen molar-refractivity contribution in [2.24, 2.45) is 0 Å². The highest BCUT2D eigenvalue weighted by atomic mass is 127. The van der Waals surface area contributed by atoms with Gasteiger partial charge in [0.15, 0.2) is 0 Å². The number of hydrogen-bond acceptors (Lipinski definition) is 3. The van der Waals surface area contributed by atoms with E-state index in [4.69, 9.17) is 0 Å². The van der Waals surface area contributed by atoms with Gasteiger partial charge in [-0.1, -0.05) is 12.8 Å². The lowest BCUT2D eigenvalue weighted by atomic mass is 10.1. The number of carbonyl (C=O) groups is 1. The first-order valence-corrected chi connectivity index (χ1v) is 6.58. The molecule has 0 heterocycles. The van der Waals surface area contributed by atoms with Crippen molar-refractivity contribution in [1.29, 1.82) is 0 Å². The largest absolute Gasteiger partial charge is 0.298 e. The van der Waals surface area contributed by atoms with Crippen LogP contribution in [0.2, 0.25) is 0 Å². The van der Waals surface area contributed by atoms with E-state index in [1.165, 1.54) is 12.8 Å². The Kier molecular flexibility index (Phi) is 10.4. The third-order valence-electron chi connectivity index (χ3n) is 1.89. The van der Waals surface area contributed by atoms with Crippen molar-refractivity contribution in [2.75, 3.05) is 6.54 Å². The molecule has 0 aliphatic carbocycles. The van der Waals surface area contributed by atoms with Crippen LogP contribution in [0.5, 0.6) is 0 Å². The van der Waals surface area contributed by atoms with E-state index in [1.807, 2.05) is 22.9 Å². The van der Waals surface area contributed by atoms with Crippen molar-refractivity contribution < 1.29 is 4.79 Å². The van der Waals surface area contributed by atoms with Crippen molar-refractivity contribution in [3.05, 3.63) is 0 Å². The van der Waals surface area contributed by atoms with E-state index in [0.717, 1.165) is 19.4 Å². The average Bonchev–Trinajstić information content (AvgIpc) is 2.10. The van der Waals surface area contributed by atoms with E-state index in [2.05, 4.69) is 29.9 Å². The van der Waals surface area contributed by atoms with Crippen LogP contribution in [-0.2, 0) is 4.79 Å². The van der Waals surface area contributed by atoms with Crippen LogP contribution in [-0.4, -0.2) is 18.4 Å². The average molecular weight is 410 g/mol. The van der Waals surface area contributed by atoms with Crippen molar-refractivity contribution in [3.8, 4) is 0 Å². The molecule has 1 atom stereocenters. The second-order valence-corrected chi connectivity index (χ2v) is 4.39. The van der Waals surface area contributed by atoms with Crippen LogP contribution in [0.1, 0.15) is 32.6 Å². The Morgan fingerprint density at radius 1 is 1.31 bits per heavy atom. The molecule has 0 rings (SSSR count). The summed E-state index contributed by atoms with van der Waals surface area (Å²) in [6.07, 6.45) is 4.46. The molecule has 0 bridgehead atoms. The molecule has 1 unspecified atom stereocenters. The summed E-state index contributed by atoms with van der Waals surface area (Å²) in [6, 6.07) is 0.0492. The fourth-order valence-corrected chi connectivity index (χ4v) is 2.18. The molecule has 0 aromatic rings. The Morgan fingerprint density at radius 3 is 2.46 bits per heavy atom. The van der Waals surface area contributed by atoms with Crippen LogP contribution in [0.25, 0.3) is 0 Å². The number of ketones is 1. The third-order valence-corrected chi connectivity index (χ3v) is 3.18. The summed E-state index contributed by atoms with van der Waals surface area (Å²) < 4.78 is 6.07. The molecule has 0 spiro atoms. The first-order chi connectivity index (χ1) is 6.22. The summed E-state index contributed by atoms with van der Waals surface area (Å²) in [7, 11) is 0. The number of hydrogen-bond donors (Lipinski definition) is 2. The topological polar surface area (TPSA) is 41.1 Å². The van der Waals surface area contributed by atoms with Crippen LogP contribution < -0.4 is 7.06 Å². The molecule has 0 fully saturated rings. The van der Waals surface area contributed by atoms with Crippen LogP contribution in [0.15, 0.2) is 0 Å². The summed E-state index contributed by atoms with van der Waals surface area (Å²) in [5, 5.41) is 0. The van der Waals surface area contributed by atoms with Gasteiger partial charge in [0.2, 0.25) is 0 Å². The lowest BCUT2D eigenvalue weighted by Gasteiger charge is -2.10. The monoisotopic (exact) mass is 410 g/mol. The van der Waals surface area contributed by atoms with Gasteiger partial charge in [-0.05, 0) is 19.8 Å². The Bertz CT molecular complexity index is 144. The predicted molar refractivity (Wildman–Crippen MR) is 72.1 cm³/mol. The maximum absolute atomic E-state index is 11.0. The van der Waals surface area contributed by atoms with Gasteiger partial charge in [-0.25, -0.2) is 0 Å². The van der Waals surface area contributed by atoms with Crippen molar-refractivity contribution >= 4 is 51.5 Å². The Hall–Kier alpha value is 1.05. The molecular weight excluding hydrogens is 394 g/mol. The second-order valence-electron chi connectivity index (χ2n) is 3.01. The number of unbranched alkanes of at least 4 members (excludes halogenated alkanes) is 2. The van der Waals surface area contributed by atoms with Gasteiger partial charge in [-0.2, -0.15) is 0 Å². The van der Waals surface area contributed by atoms with E-state index in [1.54, 1.807) is 6.92 Å². The number of carbonyl (C=O) groups excluding carboxylic acids is 1. The number of rotatable bonds is 8. The molecule has 0 aromatic carbocycles. The van der Waals surface area contributed by atoms with Gasteiger partial charge in [-0.15, -0.1) is 0 Å². The summed E-state index contributed by atoms with van der Waals surface area (Å²) in [4.78, 5) is 11.0. The van der Waals surface area contributed by atoms with Gasteiger partial charge in [0.1, 0.15) is 5.78 Å². The molecule has 5 heteroatoms. The molecular formula is C8H16I2N2O. The molecule has 0 amide bonds. The lowest BCUT2D eigenvalue weighted by Crippen LogP contribution is -2.28. The van der Waals surface area contributed by atoms with E-state index >= 15 is 0 Å². The molecule has 0 aromatic heterocycles. The SMILES string of the molecule is CC(=O)C(CCCCCNI)NI. The molecule has 78 valence electrons. The van der Waals surface area contributed by atoms with Gasteiger partial charge in [0.25, 0.3) is 0 Å². The molecule has 13 heavy (non-hydrogen) atoms. The fourth-order valence-electron chi connectivity index (χ4n) is 1.05. The van der Waals surface area contributed by atoms with Gasteiger partial charge in [0.05, 0.1) is 6.04 Å². The van der Waals surface area contributed by atoms with Crippen LogP contribution in [0.4, 0.5) is 0 Å². The zero-order valence-corrected chi connectivity index (χ0v) is 12.1. The van der Waals surface area contributed by atoms with Gasteiger partial charge in [0, 0.05) is 52.3 Å². The minimum atomic E-state index is 0.0492. The normalized spacial score (nSPS) is 12.8. The summed E-state index contributed by atoms with van der Waals surface area (Å²) in [5.74, 6) is 0.237. The summed E-state index contributed by atoms with van der Waals surface area (Å²) in [6.45, 7) is 2.70. The van der Waals surface area contributed by atoms with E-state index < -0.39 is 0 Å². The zero-order valence-electron chi connectivity index (χ0n) is 7.78. The molecule has 0 aliphatic rings. The summed E-state index contributed by atoms with van der Waals surface area (Å²) in [5.41, 5.74) is 0. The van der Waals surface area contributed by atoms with Crippen LogP contribution in [0.3, 0.4) is 0 Å². The maximum atomic E-state index is 11.0. The van der Waals surface area contributed by atoms with Crippen LogP contribution in [0, 0.1) is 0 Å². The quantitative estimate of drug-likeness (QED) is 0.367. The molecule has 0 saturated carbocycles.